The SMILES string of the molecule is Cc1ccc(OCc2ncccn2)c(C=CC(=O)O)c1. The minimum Gasteiger partial charge on any atom is -0.485 e. The zero-order valence-electron chi connectivity index (χ0n) is 11.0. The first-order valence-electron chi connectivity index (χ1n) is 6.05. The molecule has 0 saturated heterocycles. The van der Waals surface area contributed by atoms with E-state index in [1.807, 2.05) is 19.1 Å². The molecule has 0 spiro atoms. The highest BCUT2D eigenvalue weighted by atomic mass is 16.5. The summed E-state index contributed by atoms with van der Waals surface area (Å²) in [6.45, 7) is 2.17. The zero-order chi connectivity index (χ0) is 14.4. The predicted molar refractivity (Wildman–Crippen MR) is 74.2 cm³/mol. The molecule has 0 unspecified atom stereocenters. The number of hydrogen-bond donors (Lipinski definition) is 1. The fourth-order valence-electron chi connectivity index (χ4n) is 1.64. The average Bonchev–Trinajstić information content (AvgIpc) is 2.45. The van der Waals surface area contributed by atoms with Crippen LogP contribution in [0.15, 0.2) is 42.7 Å². The van der Waals surface area contributed by atoms with Crippen LogP contribution in [0.2, 0.25) is 0 Å². The van der Waals surface area contributed by atoms with Gasteiger partial charge in [0, 0.05) is 24.0 Å². The maximum Gasteiger partial charge on any atom is 0.328 e. The molecular formula is C15H14N2O3. The highest BCUT2D eigenvalue weighted by Crippen LogP contribution is 2.22. The monoisotopic (exact) mass is 270 g/mol. The number of aliphatic carboxylic acids is 1. The van der Waals surface area contributed by atoms with Crippen molar-refractivity contribution >= 4 is 12.0 Å². The van der Waals surface area contributed by atoms with Gasteiger partial charge in [0.05, 0.1) is 0 Å². The van der Waals surface area contributed by atoms with Gasteiger partial charge in [0.1, 0.15) is 12.4 Å². The summed E-state index contributed by atoms with van der Waals surface area (Å²) in [5, 5.41) is 8.70. The molecule has 0 atom stereocenters. The van der Waals surface area contributed by atoms with Crippen LogP contribution >= 0.6 is 0 Å². The van der Waals surface area contributed by atoms with Crippen molar-refractivity contribution in [3.63, 3.8) is 0 Å². The molecule has 0 aliphatic heterocycles. The molecule has 0 bridgehead atoms. The molecule has 5 heteroatoms. The lowest BCUT2D eigenvalue weighted by atomic mass is 10.1. The first kappa shape index (κ1) is 13.7. The van der Waals surface area contributed by atoms with E-state index < -0.39 is 5.97 Å². The number of aryl methyl sites for hydroxylation is 1. The van der Waals surface area contributed by atoms with Crippen molar-refractivity contribution in [3.05, 3.63) is 59.7 Å². The van der Waals surface area contributed by atoms with Crippen molar-refractivity contribution in [2.24, 2.45) is 0 Å². The third-order valence-electron chi connectivity index (χ3n) is 2.55. The van der Waals surface area contributed by atoms with Crippen molar-refractivity contribution in [1.82, 2.24) is 9.97 Å². The van der Waals surface area contributed by atoms with Crippen LogP contribution in [0.25, 0.3) is 6.08 Å². The maximum absolute atomic E-state index is 10.6. The third kappa shape index (κ3) is 3.91. The lowest BCUT2D eigenvalue weighted by Gasteiger charge is -2.09. The summed E-state index contributed by atoms with van der Waals surface area (Å²) in [7, 11) is 0. The molecule has 1 heterocycles. The lowest BCUT2D eigenvalue weighted by Crippen LogP contribution is -2.01. The largest absolute Gasteiger partial charge is 0.485 e. The van der Waals surface area contributed by atoms with E-state index >= 15 is 0 Å². The second-order valence-corrected chi connectivity index (χ2v) is 4.17. The van der Waals surface area contributed by atoms with E-state index in [-0.39, 0.29) is 6.61 Å². The van der Waals surface area contributed by atoms with Gasteiger partial charge in [-0.1, -0.05) is 11.6 Å². The molecule has 20 heavy (non-hydrogen) atoms. The normalized spacial score (nSPS) is 10.7. The summed E-state index contributed by atoms with van der Waals surface area (Å²) in [6, 6.07) is 7.30. The fourth-order valence-corrected chi connectivity index (χ4v) is 1.64. The van der Waals surface area contributed by atoms with Gasteiger partial charge in [-0.2, -0.15) is 0 Å². The number of carboxylic acids is 1. The van der Waals surface area contributed by atoms with Crippen molar-refractivity contribution in [1.29, 1.82) is 0 Å². The smallest absolute Gasteiger partial charge is 0.328 e. The Morgan fingerprint density at radius 2 is 2.10 bits per heavy atom. The average molecular weight is 270 g/mol. The van der Waals surface area contributed by atoms with Crippen LogP contribution in [0.5, 0.6) is 5.75 Å². The minimum atomic E-state index is -0.996. The van der Waals surface area contributed by atoms with Crippen LogP contribution in [0, 0.1) is 6.92 Å². The molecule has 0 radical (unpaired) electrons. The Kier molecular flexibility index (Phi) is 4.44. The second-order valence-electron chi connectivity index (χ2n) is 4.17. The Hall–Kier alpha value is -2.69. The van der Waals surface area contributed by atoms with Crippen LogP contribution in [0.3, 0.4) is 0 Å². The van der Waals surface area contributed by atoms with Gasteiger partial charge in [-0.05, 0) is 31.2 Å². The summed E-state index contributed by atoms with van der Waals surface area (Å²) in [4.78, 5) is 18.7. The number of rotatable bonds is 5. The molecule has 1 aromatic heterocycles. The molecule has 0 aliphatic rings. The van der Waals surface area contributed by atoms with Gasteiger partial charge in [-0.15, -0.1) is 0 Å². The molecule has 1 aromatic carbocycles. The van der Waals surface area contributed by atoms with Crippen LogP contribution < -0.4 is 4.74 Å². The topological polar surface area (TPSA) is 72.3 Å². The zero-order valence-corrected chi connectivity index (χ0v) is 11.0. The van der Waals surface area contributed by atoms with Gasteiger partial charge in [0.2, 0.25) is 0 Å². The summed E-state index contributed by atoms with van der Waals surface area (Å²) in [5.74, 6) is 0.172. The molecule has 2 aromatic rings. The van der Waals surface area contributed by atoms with Gasteiger partial charge < -0.3 is 9.84 Å². The van der Waals surface area contributed by atoms with Crippen molar-refractivity contribution in [2.45, 2.75) is 13.5 Å². The minimum absolute atomic E-state index is 0.234. The van der Waals surface area contributed by atoms with E-state index in [1.54, 1.807) is 24.5 Å². The fraction of sp³-hybridized carbons (Fsp3) is 0.133. The number of hydrogen-bond acceptors (Lipinski definition) is 4. The summed E-state index contributed by atoms with van der Waals surface area (Å²) < 4.78 is 5.64. The number of aromatic nitrogens is 2. The molecule has 1 N–H and O–H groups in total. The van der Waals surface area contributed by atoms with Crippen LogP contribution in [-0.4, -0.2) is 21.0 Å². The maximum atomic E-state index is 10.6. The highest BCUT2D eigenvalue weighted by molar-refractivity contribution is 5.85. The molecule has 102 valence electrons. The Balaban J connectivity index is 2.16. The Morgan fingerprint density at radius 1 is 1.35 bits per heavy atom. The van der Waals surface area contributed by atoms with Crippen LogP contribution in [0.4, 0.5) is 0 Å². The molecule has 0 saturated carbocycles. The van der Waals surface area contributed by atoms with Crippen LogP contribution in [-0.2, 0) is 11.4 Å². The van der Waals surface area contributed by atoms with Crippen molar-refractivity contribution in [3.8, 4) is 5.75 Å². The van der Waals surface area contributed by atoms with Crippen molar-refractivity contribution in [2.75, 3.05) is 0 Å². The van der Waals surface area contributed by atoms with Gasteiger partial charge in [-0.25, -0.2) is 14.8 Å². The lowest BCUT2D eigenvalue weighted by molar-refractivity contribution is -0.131. The first-order chi connectivity index (χ1) is 9.65. The van der Waals surface area contributed by atoms with E-state index in [9.17, 15) is 4.79 Å². The molecule has 2 rings (SSSR count). The molecule has 0 amide bonds. The van der Waals surface area contributed by atoms with E-state index in [0.29, 0.717) is 17.1 Å². The van der Waals surface area contributed by atoms with E-state index in [2.05, 4.69) is 9.97 Å². The van der Waals surface area contributed by atoms with Gasteiger partial charge in [-0.3, -0.25) is 0 Å². The summed E-state index contributed by atoms with van der Waals surface area (Å²) in [6.07, 6.45) is 5.88. The first-order valence-corrected chi connectivity index (χ1v) is 6.05. The summed E-state index contributed by atoms with van der Waals surface area (Å²) >= 11 is 0. The second kappa shape index (κ2) is 6.47. The van der Waals surface area contributed by atoms with E-state index in [4.69, 9.17) is 9.84 Å². The molecule has 0 aliphatic carbocycles. The van der Waals surface area contributed by atoms with E-state index in [0.717, 1.165) is 11.6 Å². The Labute approximate surface area is 116 Å². The van der Waals surface area contributed by atoms with Crippen molar-refractivity contribution < 1.29 is 14.6 Å². The predicted octanol–water partition coefficient (Wildman–Crippen LogP) is 2.46. The number of carbonyl (C=O) groups is 1. The van der Waals surface area contributed by atoms with Gasteiger partial charge in [0.25, 0.3) is 0 Å². The van der Waals surface area contributed by atoms with E-state index in [1.165, 1.54) is 6.08 Å². The standard InChI is InChI=1S/C15H14N2O3/c1-11-3-5-13(12(9-11)4-6-15(18)19)20-10-14-16-7-2-8-17-14/h2-9H,10H2,1H3,(H,18,19). The number of nitrogens with zero attached hydrogens (tertiary/aromatic N) is 2. The highest BCUT2D eigenvalue weighted by Gasteiger charge is 2.04. The molecule has 5 nitrogen and oxygen atoms in total. The summed E-state index contributed by atoms with van der Waals surface area (Å²) in [5.41, 5.74) is 1.74. The van der Waals surface area contributed by atoms with Crippen LogP contribution in [0.1, 0.15) is 17.0 Å². The molecule has 0 fully saturated rings. The Morgan fingerprint density at radius 3 is 2.80 bits per heavy atom. The number of benzene rings is 1. The third-order valence-corrected chi connectivity index (χ3v) is 2.55. The number of carboxylic acid groups (broad SMARTS) is 1. The number of ether oxygens (including phenoxy) is 1. The Bertz CT molecular complexity index is 624. The van der Waals surface area contributed by atoms with Gasteiger partial charge in [0.15, 0.2) is 5.82 Å². The molecular weight excluding hydrogens is 256 g/mol. The quantitative estimate of drug-likeness (QED) is 0.845. The van der Waals surface area contributed by atoms with Gasteiger partial charge >= 0.3 is 5.97 Å².